The molecule has 0 bridgehead atoms. The topological polar surface area (TPSA) is 78.6 Å². The quantitative estimate of drug-likeness (QED) is 0.391. The average Bonchev–Trinajstić information content (AvgIpc) is 1.59. The van der Waals surface area contributed by atoms with Gasteiger partial charge in [-0.25, -0.2) is 9.59 Å². The van der Waals surface area contributed by atoms with Crippen molar-refractivity contribution in [2.75, 3.05) is 0 Å². The van der Waals surface area contributed by atoms with Crippen molar-refractivity contribution < 1.29 is 29.6 Å². The van der Waals surface area contributed by atoms with Crippen molar-refractivity contribution in [3.8, 4) is 0 Å². The number of H-pyrrole nitrogens is 2. The van der Waals surface area contributed by atoms with Crippen molar-refractivity contribution in [3.63, 3.8) is 0 Å². The van der Waals surface area contributed by atoms with Gasteiger partial charge >= 0.3 is 40.9 Å². The molecule has 1 heterocycles. The summed E-state index contributed by atoms with van der Waals surface area (Å²) in [6.45, 7) is 0. The number of halogens is 1. The number of nitrogens with one attached hydrogen (secondary N) is 2. The van der Waals surface area contributed by atoms with Crippen LogP contribution in [0, 0.1) is 0 Å². The fraction of sp³-hybridized carbons (Fsp3) is 0. The van der Waals surface area contributed by atoms with Gasteiger partial charge in [0.25, 0.3) is 0 Å². The molecule has 7 heteroatoms. The molecule has 0 radical (unpaired) electrons. The van der Waals surface area contributed by atoms with Gasteiger partial charge in [-0.15, -0.1) is 0 Å². The Hall–Kier alpha value is -0.100. The van der Waals surface area contributed by atoms with Gasteiger partial charge in [0.2, 0.25) is 5.28 Å². The Bertz CT molecular complexity index is 290. The van der Waals surface area contributed by atoms with Crippen LogP contribution in [0.15, 0.2) is 9.59 Å². The van der Waals surface area contributed by atoms with Crippen LogP contribution in [0.1, 0.15) is 0 Å². The van der Waals surface area contributed by atoms with E-state index in [9.17, 15) is 9.59 Å². The van der Waals surface area contributed by atoms with E-state index < -0.39 is 11.4 Å². The minimum atomic E-state index is -0.747. The average molecular weight is 171 g/mol. The molecule has 0 aliphatic heterocycles. The summed E-state index contributed by atoms with van der Waals surface area (Å²) in [7, 11) is 0. The molecule has 0 aliphatic carbocycles. The molecule has 2 N–H and O–H groups in total. The van der Waals surface area contributed by atoms with Crippen LogP contribution in [0.2, 0.25) is 5.28 Å². The first-order chi connectivity index (χ1) is 4.18. The van der Waals surface area contributed by atoms with E-state index in [-0.39, 0.29) is 34.8 Å². The van der Waals surface area contributed by atoms with Crippen molar-refractivity contribution in [3.05, 3.63) is 26.3 Å². The van der Waals surface area contributed by atoms with Gasteiger partial charge in [-0.2, -0.15) is 4.98 Å². The van der Waals surface area contributed by atoms with Crippen LogP contribution < -0.4 is 40.9 Å². The molecule has 0 aromatic carbocycles. The zero-order valence-corrected chi connectivity index (χ0v) is 7.90. The standard InChI is InChI=1S/C3H2ClN3O2.Na/c4-1-5-2(8)7-3(9)6-1;/h(H2,5,6,7,8,9);/q;+1. The summed E-state index contributed by atoms with van der Waals surface area (Å²) in [5, 5.41) is -0.205. The van der Waals surface area contributed by atoms with E-state index >= 15 is 0 Å². The van der Waals surface area contributed by atoms with Crippen LogP contribution in [0.3, 0.4) is 0 Å². The van der Waals surface area contributed by atoms with Gasteiger partial charge in [-0.1, -0.05) is 0 Å². The molecular formula is C3H2ClN3NaO2+. The second-order valence-corrected chi connectivity index (χ2v) is 1.64. The number of hydrogen-bond donors (Lipinski definition) is 2. The van der Waals surface area contributed by atoms with E-state index in [1.165, 1.54) is 0 Å². The molecule has 0 unspecified atom stereocenters. The largest absolute Gasteiger partial charge is 1.00 e. The summed E-state index contributed by atoms with van der Waals surface area (Å²) in [6, 6.07) is 0. The molecule has 1 aromatic rings. The molecule has 10 heavy (non-hydrogen) atoms. The maximum absolute atomic E-state index is 10.3. The zero-order valence-electron chi connectivity index (χ0n) is 5.14. The Morgan fingerprint density at radius 3 is 2.30 bits per heavy atom. The Morgan fingerprint density at radius 1 is 1.30 bits per heavy atom. The predicted molar refractivity (Wildman–Crippen MR) is 30.5 cm³/mol. The van der Waals surface area contributed by atoms with E-state index in [1.807, 2.05) is 4.98 Å². The maximum atomic E-state index is 10.3. The van der Waals surface area contributed by atoms with Gasteiger partial charge in [0.1, 0.15) is 0 Å². The maximum Gasteiger partial charge on any atom is 1.00 e. The van der Waals surface area contributed by atoms with E-state index in [2.05, 4.69) is 9.97 Å². The van der Waals surface area contributed by atoms with E-state index in [4.69, 9.17) is 11.6 Å². The molecule has 0 saturated carbocycles. The molecule has 48 valence electrons. The summed E-state index contributed by atoms with van der Waals surface area (Å²) in [5.41, 5.74) is -1.40. The van der Waals surface area contributed by atoms with Crippen LogP contribution in [-0.2, 0) is 0 Å². The first kappa shape index (κ1) is 9.90. The van der Waals surface area contributed by atoms with Crippen LogP contribution >= 0.6 is 11.6 Å². The molecule has 0 amide bonds. The van der Waals surface area contributed by atoms with Gasteiger partial charge in [-0.3, -0.25) is 9.97 Å². The van der Waals surface area contributed by atoms with Crippen molar-refractivity contribution in [1.82, 2.24) is 15.0 Å². The number of rotatable bonds is 0. The number of hydrogen-bond acceptors (Lipinski definition) is 3. The molecule has 0 atom stereocenters. The van der Waals surface area contributed by atoms with Crippen LogP contribution in [0.25, 0.3) is 0 Å². The monoisotopic (exact) mass is 170 g/mol. The van der Waals surface area contributed by atoms with Crippen LogP contribution in [0.4, 0.5) is 0 Å². The summed E-state index contributed by atoms with van der Waals surface area (Å²) in [5.74, 6) is 0. The molecule has 0 fully saturated rings. The number of aromatic amines is 2. The molecule has 0 spiro atoms. The van der Waals surface area contributed by atoms with E-state index in [0.717, 1.165) is 0 Å². The first-order valence-corrected chi connectivity index (χ1v) is 2.42. The van der Waals surface area contributed by atoms with Crippen molar-refractivity contribution in [2.45, 2.75) is 0 Å². The van der Waals surface area contributed by atoms with Gasteiger partial charge in [0, 0.05) is 0 Å². The van der Waals surface area contributed by atoms with Gasteiger partial charge < -0.3 is 0 Å². The number of aromatic nitrogens is 3. The predicted octanol–water partition coefficient (Wildman–Crippen LogP) is -3.88. The first-order valence-electron chi connectivity index (χ1n) is 2.04. The molecular weight excluding hydrogens is 168 g/mol. The smallest absolute Gasteiger partial charge is 0.282 e. The van der Waals surface area contributed by atoms with E-state index in [1.54, 1.807) is 0 Å². The summed E-state index contributed by atoms with van der Waals surface area (Å²) < 4.78 is 0. The van der Waals surface area contributed by atoms with Crippen molar-refractivity contribution in [1.29, 1.82) is 0 Å². The second kappa shape index (κ2) is 3.92. The normalized spacial score (nSPS) is 8.50. The minimum Gasteiger partial charge on any atom is -0.282 e. The van der Waals surface area contributed by atoms with Gasteiger partial charge in [0.05, 0.1) is 0 Å². The fourth-order valence-electron chi connectivity index (χ4n) is 0.367. The molecule has 0 saturated heterocycles. The molecule has 1 rings (SSSR count). The SMILES string of the molecule is O=c1nc(Cl)[nH]c(=O)[nH]1.[Na+]. The number of nitrogens with zero attached hydrogens (tertiary/aromatic N) is 1. The summed E-state index contributed by atoms with van der Waals surface area (Å²) >= 11 is 5.16. The molecule has 5 nitrogen and oxygen atoms in total. The molecule has 1 aromatic heterocycles. The Morgan fingerprint density at radius 2 is 1.90 bits per heavy atom. The summed E-state index contributed by atoms with van der Waals surface area (Å²) in [4.78, 5) is 27.6. The zero-order chi connectivity index (χ0) is 6.85. The van der Waals surface area contributed by atoms with Gasteiger partial charge in [0.15, 0.2) is 0 Å². The van der Waals surface area contributed by atoms with Crippen LogP contribution in [-0.4, -0.2) is 15.0 Å². The van der Waals surface area contributed by atoms with E-state index in [0.29, 0.717) is 0 Å². The fourth-order valence-corrected chi connectivity index (χ4v) is 0.530. The third-order valence-electron chi connectivity index (χ3n) is 0.637. The van der Waals surface area contributed by atoms with Crippen LogP contribution in [0.5, 0.6) is 0 Å². The Kier molecular flexibility index (Phi) is 3.88. The molecule has 0 aliphatic rings. The Balaban J connectivity index is 0.000000810. The third kappa shape index (κ3) is 2.66. The van der Waals surface area contributed by atoms with Crippen molar-refractivity contribution in [2.24, 2.45) is 0 Å². The third-order valence-corrected chi connectivity index (χ3v) is 0.816. The summed E-state index contributed by atoms with van der Waals surface area (Å²) in [6.07, 6.45) is 0. The Labute approximate surface area is 82.1 Å². The van der Waals surface area contributed by atoms with Gasteiger partial charge in [-0.05, 0) is 11.6 Å². The minimum absolute atomic E-state index is 0. The second-order valence-electron chi connectivity index (χ2n) is 1.29. The van der Waals surface area contributed by atoms with Crippen molar-refractivity contribution >= 4 is 11.6 Å².